The van der Waals surface area contributed by atoms with E-state index < -0.39 is 0 Å². The van der Waals surface area contributed by atoms with Gasteiger partial charge in [0.15, 0.2) is 0 Å². The standard InChI is InChI=1S/2C20H28N2OS/c2*1-3-23-16-20(7-6-18-11-17(2)24-14-18)8-10-22(15-20)13-19-5-4-9-21-12-19/h2*4-5,9,11-12,14H,3,6-8,10,13,15-16H2,1-2H3/t2*20-/m10/s1. The Labute approximate surface area is 297 Å². The number of likely N-dealkylation sites (tertiary alicyclic amines) is 2. The largest absolute Gasteiger partial charge is 0.381 e. The van der Waals surface area contributed by atoms with Crippen LogP contribution in [0.1, 0.15) is 71.5 Å². The summed E-state index contributed by atoms with van der Waals surface area (Å²) >= 11 is 3.71. The van der Waals surface area contributed by atoms with Crippen LogP contribution >= 0.6 is 22.7 Å². The molecule has 2 atom stereocenters. The van der Waals surface area contributed by atoms with Crippen molar-refractivity contribution in [3.05, 3.63) is 104 Å². The summed E-state index contributed by atoms with van der Waals surface area (Å²) in [7, 11) is 0. The van der Waals surface area contributed by atoms with Crippen LogP contribution in [-0.4, -0.2) is 72.4 Å². The summed E-state index contributed by atoms with van der Waals surface area (Å²) in [5, 5.41) is 4.62. The zero-order chi connectivity index (χ0) is 33.7. The van der Waals surface area contributed by atoms with Crippen molar-refractivity contribution in [3.63, 3.8) is 0 Å². The molecule has 4 aromatic rings. The van der Waals surface area contributed by atoms with Gasteiger partial charge in [-0.2, -0.15) is 0 Å². The first-order valence-corrected chi connectivity index (χ1v) is 19.6. The van der Waals surface area contributed by atoms with E-state index in [1.807, 2.05) is 59.6 Å². The number of aryl methyl sites for hydroxylation is 4. The highest BCUT2D eigenvalue weighted by molar-refractivity contribution is 7.10. The molecule has 4 aromatic heterocycles. The van der Waals surface area contributed by atoms with Crippen LogP contribution in [0.5, 0.6) is 0 Å². The molecular weight excluding hydrogens is 633 g/mol. The van der Waals surface area contributed by atoms with Gasteiger partial charge in [-0.15, -0.1) is 22.7 Å². The van der Waals surface area contributed by atoms with Crippen LogP contribution in [0.4, 0.5) is 0 Å². The Balaban J connectivity index is 0.000000188. The molecule has 0 aliphatic carbocycles. The van der Waals surface area contributed by atoms with E-state index in [-0.39, 0.29) is 0 Å². The third-order valence-corrected chi connectivity index (χ3v) is 11.8. The number of nitrogens with zero attached hydrogens (tertiary/aromatic N) is 4. The average Bonchev–Trinajstić information content (AvgIpc) is 3.91. The van der Waals surface area contributed by atoms with E-state index in [0.717, 1.165) is 78.5 Å². The Bertz CT molecular complexity index is 1370. The molecule has 260 valence electrons. The SMILES string of the molecule is CCOC[C@@]1(CCc2csc(C)c2)CCN(Cc2cccnc2)C1.CCOC[C@]1(CCc2csc(C)c2)CCN(Cc2cccnc2)C1. The van der Waals surface area contributed by atoms with Crippen LogP contribution in [0.2, 0.25) is 0 Å². The van der Waals surface area contributed by atoms with Gasteiger partial charge in [0.2, 0.25) is 0 Å². The lowest BCUT2D eigenvalue weighted by atomic mass is 9.82. The van der Waals surface area contributed by atoms with Gasteiger partial charge >= 0.3 is 0 Å². The second-order valence-electron chi connectivity index (χ2n) is 14.0. The molecule has 0 radical (unpaired) electrons. The third-order valence-electron chi connectivity index (χ3n) is 9.98. The summed E-state index contributed by atoms with van der Waals surface area (Å²) in [6.07, 6.45) is 14.9. The summed E-state index contributed by atoms with van der Waals surface area (Å²) < 4.78 is 11.8. The van der Waals surface area contributed by atoms with E-state index in [2.05, 4.69) is 82.5 Å². The summed E-state index contributed by atoms with van der Waals surface area (Å²) in [6, 6.07) is 13.1. The Morgan fingerprint density at radius 3 is 1.50 bits per heavy atom. The predicted octanol–water partition coefficient (Wildman–Crippen LogP) is 8.63. The van der Waals surface area contributed by atoms with Crippen molar-refractivity contribution >= 4 is 22.7 Å². The average molecular weight is 689 g/mol. The number of hydrogen-bond donors (Lipinski definition) is 0. The van der Waals surface area contributed by atoms with E-state index >= 15 is 0 Å². The first kappa shape index (κ1) is 36.8. The van der Waals surface area contributed by atoms with E-state index in [9.17, 15) is 0 Å². The van der Waals surface area contributed by atoms with Crippen LogP contribution in [0.3, 0.4) is 0 Å². The maximum Gasteiger partial charge on any atom is 0.0535 e. The van der Waals surface area contributed by atoms with Gasteiger partial charge in [-0.05, 0) is 137 Å². The van der Waals surface area contributed by atoms with E-state index in [1.165, 1.54) is 57.7 Å². The van der Waals surface area contributed by atoms with Crippen molar-refractivity contribution in [2.45, 2.75) is 79.3 Å². The first-order chi connectivity index (χ1) is 23.4. The molecule has 0 saturated carbocycles. The van der Waals surface area contributed by atoms with Gasteiger partial charge in [-0.25, -0.2) is 0 Å². The highest BCUT2D eigenvalue weighted by Gasteiger charge is 2.39. The second-order valence-corrected chi connectivity index (χ2v) is 16.3. The normalized spacial score (nSPS) is 21.4. The first-order valence-electron chi connectivity index (χ1n) is 17.8. The quantitative estimate of drug-likeness (QED) is 0.118. The third kappa shape index (κ3) is 11.3. The molecule has 0 spiro atoms. The van der Waals surface area contributed by atoms with Gasteiger partial charge in [-0.1, -0.05) is 12.1 Å². The highest BCUT2D eigenvalue weighted by atomic mass is 32.1. The zero-order valence-electron chi connectivity index (χ0n) is 29.7. The van der Waals surface area contributed by atoms with Crippen LogP contribution in [0.15, 0.2) is 71.9 Å². The summed E-state index contributed by atoms with van der Waals surface area (Å²) in [5.41, 5.74) is 6.18. The van der Waals surface area contributed by atoms with Gasteiger partial charge in [0, 0.05) is 84.8 Å². The molecular formula is C40H56N4O2S2. The van der Waals surface area contributed by atoms with Crippen molar-refractivity contribution in [3.8, 4) is 0 Å². The van der Waals surface area contributed by atoms with Gasteiger partial charge in [0.1, 0.15) is 0 Å². The van der Waals surface area contributed by atoms with Crippen molar-refractivity contribution in [2.75, 3.05) is 52.6 Å². The van der Waals surface area contributed by atoms with Gasteiger partial charge in [0.25, 0.3) is 0 Å². The number of thiophene rings is 2. The van der Waals surface area contributed by atoms with Crippen LogP contribution in [0, 0.1) is 24.7 Å². The Morgan fingerprint density at radius 2 is 1.15 bits per heavy atom. The maximum absolute atomic E-state index is 5.88. The Hall–Kier alpha value is -2.46. The van der Waals surface area contributed by atoms with Crippen molar-refractivity contribution in [1.29, 1.82) is 0 Å². The number of aromatic nitrogens is 2. The molecule has 6 rings (SSSR count). The summed E-state index contributed by atoms with van der Waals surface area (Å²) in [4.78, 5) is 16.4. The summed E-state index contributed by atoms with van der Waals surface area (Å²) in [6.45, 7) is 18.5. The molecule has 0 N–H and O–H groups in total. The van der Waals surface area contributed by atoms with E-state index in [1.54, 1.807) is 0 Å². The van der Waals surface area contributed by atoms with E-state index in [4.69, 9.17) is 9.47 Å². The van der Waals surface area contributed by atoms with Crippen molar-refractivity contribution in [1.82, 2.24) is 19.8 Å². The monoisotopic (exact) mass is 688 g/mol. The molecule has 2 fully saturated rings. The molecule has 48 heavy (non-hydrogen) atoms. The van der Waals surface area contributed by atoms with Gasteiger partial charge in [-0.3, -0.25) is 19.8 Å². The fourth-order valence-corrected chi connectivity index (χ4v) is 8.81. The molecule has 8 heteroatoms. The molecule has 2 aliphatic rings. The topological polar surface area (TPSA) is 50.7 Å². The molecule has 6 heterocycles. The van der Waals surface area contributed by atoms with Crippen LogP contribution in [-0.2, 0) is 35.4 Å². The molecule has 2 saturated heterocycles. The number of pyridine rings is 2. The predicted molar refractivity (Wildman–Crippen MR) is 201 cm³/mol. The Kier molecular flexibility index (Phi) is 14.2. The number of rotatable bonds is 16. The molecule has 0 unspecified atom stereocenters. The second kappa shape index (κ2) is 18.5. The number of ether oxygens (including phenoxy) is 2. The molecule has 0 amide bonds. The zero-order valence-corrected chi connectivity index (χ0v) is 31.3. The minimum atomic E-state index is 0.300. The van der Waals surface area contributed by atoms with Crippen LogP contribution < -0.4 is 0 Å². The molecule has 0 bridgehead atoms. The minimum Gasteiger partial charge on any atom is -0.381 e. The molecule has 6 nitrogen and oxygen atoms in total. The van der Waals surface area contributed by atoms with Crippen LogP contribution in [0.25, 0.3) is 0 Å². The van der Waals surface area contributed by atoms with Crippen molar-refractivity contribution in [2.24, 2.45) is 10.8 Å². The lowest BCUT2D eigenvalue weighted by Crippen LogP contribution is -2.32. The van der Waals surface area contributed by atoms with E-state index in [0.29, 0.717) is 10.8 Å². The van der Waals surface area contributed by atoms with Gasteiger partial charge in [0.05, 0.1) is 13.2 Å². The lowest BCUT2D eigenvalue weighted by Gasteiger charge is -2.29. The molecule has 0 aromatic carbocycles. The fraction of sp³-hybridized carbons (Fsp3) is 0.550. The smallest absolute Gasteiger partial charge is 0.0535 e. The Morgan fingerprint density at radius 1 is 0.688 bits per heavy atom. The van der Waals surface area contributed by atoms with Gasteiger partial charge < -0.3 is 9.47 Å². The molecule has 2 aliphatic heterocycles. The lowest BCUT2D eigenvalue weighted by molar-refractivity contribution is 0.0489. The summed E-state index contributed by atoms with van der Waals surface area (Å²) in [5.74, 6) is 0. The maximum atomic E-state index is 5.88. The highest BCUT2D eigenvalue weighted by Crippen LogP contribution is 2.38. The minimum absolute atomic E-state index is 0.300. The number of hydrogen-bond acceptors (Lipinski definition) is 8. The fourth-order valence-electron chi connectivity index (χ4n) is 7.33. The van der Waals surface area contributed by atoms with Crippen molar-refractivity contribution < 1.29 is 9.47 Å².